The van der Waals surface area contributed by atoms with Crippen molar-refractivity contribution in [2.24, 2.45) is 34.5 Å². The molecule has 0 bridgehead atoms. The van der Waals surface area contributed by atoms with Crippen LogP contribution in [0.4, 0.5) is 0 Å². The van der Waals surface area contributed by atoms with E-state index in [-0.39, 0.29) is 16.4 Å². The van der Waals surface area contributed by atoms with E-state index in [9.17, 15) is 5.11 Å². The fourth-order valence-corrected chi connectivity index (χ4v) is 10.2. The van der Waals surface area contributed by atoms with Crippen molar-refractivity contribution >= 4 is 8.32 Å². The van der Waals surface area contributed by atoms with Crippen molar-refractivity contribution in [1.82, 2.24) is 0 Å². The number of fused-ring (bicyclic) bond motifs is 2. The van der Waals surface area contributed by atoms with Gasteiger partial charge in [0.15, 0.2) is 8.32 Å². The van der Waals surface area contributed by atoms with Crippen LogP contribution in [0.3, 0.4) is 0 Å². The summed E-state index contributed by atoms with van der Waals surface area (Å²) < 4.78 is 6.44. The molecule has 0 spiro atoms. The Morgan fingerprint density at radius 1 is 1.18 bits per heavy atom. The van der Waals surface area contributed by atoms with Gasteiger partial charge >= 0.3 is 0 Å². The highest BCUT2D eigenvalue weighted by atomic mass is 28.4. The van der Waals surface area contributed by atoms with Gasteiger partial charge in [-0.05, 0) is 114 Å². The quantitative estimate of drug-likeness (QED) is 0.178. The number of rotatable bonds is 7. The van der Waals surface area contributed by atoms with Crippen LogP contribution >= 0.6 is 0 Å². The minimum Gasteiger partial charge on any atom is -0.413 e. The Morgan fingerprint density at radius 2 is 1.91 bits per heavy atom. The predicted molar refractivity (Wildman–Crippen MR) is 141 cm³/mol. The molecule has 4 fully saturated rings. The summed E-state index contributed by atoms with van der Waals surface area (Å²) in [5.41, 5.74) is 0.816. The van der Waals surface area contributed by atoms with E-state index in [1.165, 1.54) is 44.1 Å². The van der Waals surface area contributed by atoms with Gasteiger partial charge < -0.3 is 9.53 Å². The lowest BCUT2D eigenvalue weighted by molar-refractivity contribution is -0.0718. The van der Waals surface area contributed by atoms with Gasteiger partial charge in [0.1, 0.15) is 5.60 Å². The Morgan fingerprint density at radius 3 is 2.52 bits per heavy atom. The van der Waals surface area contributed by atoms with E-state index >= 15 is 0 Å². The Labute approximate surface area is 205 Å². The first-order valence-corrected chi connectivity index (χ1v) is 17.3. The maximum Gasteiger partial charge on any atom is 0.184 e. The second-order valence-electron chi connectivity index (χ2n) is 14.1. The Bertz CT molecular complexity index is 828. The van der Waals surface area contributed by atoms with E-state index in [2.05, 4.69) is 65.8 Å². The summed E-state index contributed by atoms with van der Waals surface area (Å²) >= 11 is 0. The lowest BCUT2D eigenvalue weighted by Crippen LogP contribution is -2.49. The molecule has 4 rings (SSSR count). The summed E-state index contributed by atoms with van der Waals surface area (Å²) in [4.78, 5) is 0. The van der Waals surface area contributed by atoms with Crippen LogP contribution in [-0.2, 0) is 4.43 Å². The third-order valence-corrected chi connectivity index (χ3v) is 11.2. The summed E-state index contributed by atoms with van der Waals surface area (Å²) in [6.07, 6.45) is 12.8. The largest absolute Gasteiger partial charge is 0.413 e. The molecule has 0 saturated heterocycles. The van der Waals surface area contributed by atoms with Gasteiger partial charge in [-0.3, -0.25) is 0 Å². The van der Waals surface area contributed by atoms with Crippen molar-refractivity contribution in [2.75, 3.05) is 0 Å². The lowest BCUT2D eigenvalue weighted by Gasteiger charge is -2.49. The van der Waals surface area contributed by atoms with E-state index in [0.717, 1.165) is 38.0 Å². The molecule has 186 valence electrons. The average Bonchev–Trinajstić information content (AvgIpc) is 3.15. The molecule has 2 nitrogen and oxygen atoms in total. The van der Waals surface area contributed by atoms with Crippen LogP contribution in [0, 0.1) is 46.3 Å². The number of allylic oxidation sites excluding steroid dienone is 1. The van der Waals surface area contributed by atoms with Crippen molar-refractivity contribution in [3.63, 3.8) is 0 Å². The normalized spacial score (nSPS) is 41.2. The smallest absolute Gasteiger partial charge is 0.184 e. The van der Waals surface area contributed by atoms with Crippen molar-refractivity contribution in [3.05, 3.63) is 12.2 Å². The maximum atomic E-state index is 11.9. The van der Waals surface area contributed by atoms with Crippen LogP contribution in [0.2, 0.25) is 19.6 Å². The Hall–Kier alpha value is -0.563. The lowest BCUT2D eigenvalue weighted by atomic mass is 9.60. The topological polar surface area (TPSA) is 29.5 Å². The van der Waals surface area contributed by atoms with Crippen LogP contribution in [-0.4, -0.2) is 24.6 Å². The minimum absolute atomic E-state index is 0.0166. The van der Waals surface area contributed by atoms with Crippen LogP contribution in [0.25, 0.3) is 0 Å². The molecule has 0 aliphatic heterocycles. The average molecular weight is 473 g/mol. The van der Waals surface area contributed by atoms with Crippen molar-refractivity contribution in [3.8, 4) is 11.8 Å². The highest BCUT2D eigenvalue weighted by molar-refractivity contribution is 6.69. The molecule has 4 aliphatic carbocycles. The molecule has 0 aromatic carbocycles. The zero-order valence-corrected chi connectivity index (χ0v) is 23.7. The summed E-state index contributed by atoms with van der Waals surface area (Å²) in [7, 11) is -1.52. The summed E-state index contributed by atoms with van der Waals surface area (Å²) in [5.74, 6) is 9.59. The molecule has 0 amide bonds. The molecular formula is C30H50O2Si. The molecule has 0 heterocycles. The van der Waals surface area contributed by atoms with E-state index in [1.807, 2.05) is 0 Å². The third kappa shape index (κ3) is 4.92. The van der Waals surface area contributed by atoms with Crippen LogP contribution in [0.15, 0.2) is 12.2 Å². The molecule has 0 unspecified atom stereocenters. The Kier molecular flexibility index (Phi) is 6.60. The van der Waals surface area contributed by atoms with Crippen molar-refractivity contribution in [1.29, 1.82) is 0 Å². The molecular weight excluding hydrogens is 422 g/mol. The number of hydrogen-bond donors (Lipinski definition) is 1. The molecule has 0 aromatic rings. The van der Waals surface area contributed by atoms with Gasteiger partial charge in [0.2, 0.25) is 0 Å². The zero-order chi connectivity index (χ0) is 24.3. The summed E-state index contributed by atoms with van der Waals surface area (Å²) in [6, 6.07) is 0. The zero-order valence-electron chi connectivity index (χ0n) is 22.7. The predicted octanol–water partition coefficient (Wildman–Crippen LogP) is 7.73. The van der Waals surface area contributed by atoms with Crippen molar-refractivity contribution in [2.45, 2.75) is 129 Å². The standard InChI is InChI=1S/C30H50O2Si/c1-22(11-9-16-27(3,4)32-33(6,7)8)25-14-15-26-28(25,5)17-10-18-30(26,31)20-19-29-21-24(29)13-12-23(29)2/h22,24-26,31H,2,9-18,21H2,1,3-8H3/t22-,24-,25-,26-,28-,29-,30-/m1/s1/i2+1,18+1. The van der Waals surface area contributed by atoms with Crippen LogP contribution < -0.4 is 0 Å². The molecule has 4 saturated carbocycles. The molecule has 1 N–H and O–H groups in total. The number of aliphatic hydroxyl groups is 1. The fraction of sp³-hybridized carbons (Fsp3) is 0.867. The minimum atomic E-state index is -1.52. The van der Waals surface area contributed by atoms with Gasteiger partial charge in [0.05, 0.1) is 11.0 Å². The van der Waals surface area contributed by atoms with Gasteiger partial charge in [0.25, 0.3) is 0 Å². The van der Waals surface area contributed by atoms with Gasteiger partial charge in [0, 0.05) is 5.92 Å². The monoisotopic (exact) mass is 472 g/mol. The van der Waals surface area contributed by atoms with Gasteiger partial charge in [-0.2, -0.15) is 0 Å². The van der Waals surface area contributed by atoms with E-state index < -0.39 is 13.9 Å². The first-order valence-electron chi connectivity index (χ1n) is 13.9. The second-order valence-corrected chi connectivity index (χ2v) is 18.6. The summed E-state index contributed by atoms with van der Waals surface area (Å²) in [5, 5.41) is 11.9. The molecule has 7 atom stereocenters. The third-order valence-electron chi connectivity index (χ3n) is 10.00. The van der Waals surface area contributed by atoms with Crippen LogP contribution in [0.1, 0.15) is 98.3 Å². The summed E-state index contributed by atoms with van der Waals surface area (Å²) in [6.45, 7) is 20.7. The van der Waals surface area contributed by atoms with Gasteiger partial charge in [-0.15, -0.1) is 0 Å². The SMILES string of the molecule is C[C@H](CCCC(C)(C)O[Si](C)(C)C)[C@H]1CC[C@@H]2[C@]1(C)CC[13CH2][C@@]2(O)C#C[C@]12C[C@H]1CCC2=[13CH2]. The maximum absolute atomic E-state index is 11.9. The Balaban J connectivity index is 1.40. The molecule has 0 aromatic heterocycles. The first kappa shape index (κ1) is 25.5. The van der Waals surface area contributed by atoms with E-state index in [4.69, 9.17) is 4.43 Å². The molecule has 3 heteroatoms. The first-order chi connectivity index (χ1) is 15.2. The van der Waals surface area contributed by atoms with Gasteiger partial charge in [-0.1, -0.05) is 50.7 Å². The highest BCUT2D eigenvalue weighted by Crippen LogP contribution is 2.66. The number of hydrogen-bond acceptors (Lipinski definition) is 2. The fourth-order valence-electron chi connectivity index (χ4n) is 8.48. The van der Waals surface area contributed by atoms with E-state index in [1.54, 1.807) is 0 Å². The van der Waals surface area contributed by atoms with Crippen LogP contribution in [0.5, 0.6) is 0 Å². The molecule has 33 heavy (non-hydrogen) atoms. The van der Waals surface area contributed by atoms with Crippen molar-refractivity contribution < 1.29 is 9.53 Å². The highest BCUT2D eigenvalue weighted by Gasteiger charge is 2.60. The second kappa shape index (κ2) is 8.53. The van der Waals surface area contributed by atoms with E-state index in [0.29, 0.717) is 17.8 Å². The molecule has 0 radical (unpaired) electrons. The molecule has 4 aliphatic rings. The van der Waals surface area contributed by atoms with Gasteiger partial charge in [-0.25, -0.2) is 0 Å².